The number of unbranched alkanes of at least 4 members (excludes halogenated alkanes) is 7. The van der Waals surface area contributed by atoms with Gasteiger partial charge in [-0.05, 0) is 57.7 Å². The molecular weight excluding hydrogens is 456 g/mol. The predicted octanol–water partition coefficient (Wildman–Crippen LogP) is 6.26. The van der Waals surface area contributed by atoms with E-state index in [-0.39, 0.29) is 17.1 Å². The van der Waals surface area contributed by atoms with Crippen LogP contribution in [-0.4, -0.2) is 39.4 Å². The molecule has 2 aromatic heterocycles. The summed E-state index contributed by atoms with van der Waals surface area (Å²) in [5.41, 5.74) is -0.251. The molecule has 8 nitrogen and oxygen atoms in total. The monoisotopic (exact) mass is 494 g/mol. The summed E-state index contributed by atoms with van der Waals surface area (Å²) in [6, 6.07) is 2.84. The molecule has 0 aromatic carbocycles. The molecule has 2 N–H and O–H groups in total. The SMILES string of the molecule is CCCCCCCCCCNC(C)(C)c1ncon1.O=C(O)c1ccc(Cl)c(OCC2CC2)n1. The third kappa shape index (κ3) is 10.8. The molecule has 1 fully saturated rings. The number of nitrogens with zero attached hydrogens (tertiary/aromatic N) is 3. The number of aromatic nitrogens is 3. The minimum absolute atomic E-state index is 0.0507. The van der Waals surface area contributed by atoms with Crippen LogP contribution in [0.25, 0.3) is 0 Å². The molecule has 0 spiro atoms. The fraction of sp³-hybridized carbons (Fsp3) is 0.680. The van der Waals surface area contributed by atoms with Gasteiger partial charge in [0.15, 0.2) is 11.5 Å². The average molecular weight is 495 g/mol. The van der Waals surface area contributed by atoms with Crippen molar-refractivity contribution < 1.29 is 19.2 Å². The Morgan fingerprint density at radius 3 is 2.44 bits per heavy atom. The summed E-state index contributed by atoms with van der Waals surface area (Å²) in [6.45, 7) is 8.01. The molecule has 2 heterocycles. The highest BCUT2D eigenvalue weighted by Gasteiger charge is 2.24. The number of carboxylic acid groups (broad SMARTS) is 1. The maximum atomic E-state index is 10.7. The van der Waals surface area contributed by atoms with Crippen molar-refractivity contribution in [2.24, 2.45) is 5.92 Å². The van der Waals surface area contributed by atoms with E-state index in [4.69, 9.17) is 26.0 Å². The Morgan fingerprint density at radius 2 is 1.85 bits per heavy atom. The van der Waals surface area contributed by atoms with Gasteiger partial charge in [0.25, 0.3) is 0 Å². The van der Waals surface area contributed by atoms with Gasteiger partial charge in [0.2, 0.25) is 12.3 Å². The Morgan fingerprint density at radius 1 is 1.18 bits per heavy atom. The van der Waals surface area contributed by atoms with E-state index >= 15 is 0 Å². The van der Waals surface area contributed by atoms with Crippen LogP contribution in [0.2, 0.25) is 5.02 Å². The van der Waals surface area contributed by atoms with Crippen LogP contribution in [0, 0.1) is 5.92 Å². The summed E-state index contributed by atoms with van der Waals surface area (Å²) in [6.07, 6.45) is 14.5. The lowest BCUT2D eigenvalue weighted by Crippen LogP contribution is -2.38. The second-order valence-electron chi connectivity index (χ2n) is 9.32. The van der Waals surface area contributed by atoms with Crippen LogP contribution in [0.1, 0.15) is 101 Å². The van der Waals surface area contributed by atoms with E-state index in [9.17, 15) is 4.79 Å². The van der Waals surface area contributed by atoms with Gasteiger partial charge >= 0.3 is 5.97 Å². The first-order chi connectivity index (χ1) is 16.3. The van der Waals surface area contributed by atoms with Gasteiger partial charge in [-0.15, -0.1) is 0 Å². The molecule has 0 amide bonds. The number of hydrogen-bond donors (Lipinski definition) is 2. The average Bonchev–Trinajstić information content (AvgIpc) is 3.46. The Balaban J connectivity index is 0.000000246. The van der Waals surface area contributed by atoms with E-state index in [0.717, 1.165) is 25.2 Å². The van der Waals surface area contributed by atoms with Crippen LogP contribution in [0.15, 0.2) is 23.0 Å². The first kappa shape index (κ1) is 28.1. The molecule has 0 aliphatic heterocycles. The van der Waals surface area contributed by atoms with E-state index in [0.29, 0.717) is 17.5 Å². The van der Waals surface area contributed by atoms with Crippen molar-refractivity contribution in [2.45, 2.75) is 90.5 Å². The number of rotatable bonds is 15. The standard InChI is InChI=1S/C15H29N3O.C10H10ClNO3/c1-4-5-6-7-8-9-10-11-12-17-15(2,3)14-16-13-19-18-14;11-7-3-4-8(10(13)14)12-9(7)15-5-6-1-2-6/h13,17H,4-12H2,1-3H3;3-4,6H,1-2,5H2,(H,13,14). The molecule has 1 saturated carbocycles. The van der Waals surface area contributed by atoms with Gasteiger partial charge in [0, 0.05) is 0 Å². The lowest BCUT2D eigenvalue weighted by molar-refractivity contribution is 0.0689. The fourth-order valence-corrected chi connectivity index (χ4v) is 3.47. The topological polar surface area (TPSA) is 110 Å². The lowest BCUT2D eigenvalue weighted by atomic mass is 10.0. The number of aromatic carboxylic acids is 1. The molecule has 0 atom stereocenters. The molecule has 1 aliphatic carbocycles. The summed E-state index contributed by atoms with van der Waals surface area (Å²) in [5.74, 6) is 0.440. The molecule has 1 aliphatic rings. The van der Waals surface area contributed by atoms with Gasteiger partial charge in [0.05, 0.1) is 12.1 Å². The van der Waals surface area contributed by atoms with Crippen LogP contribution < -0.4 is 10.1 Å². The molecule has 9 heteroatoms. The van der Waals surface area contributed by atoms with Gasteiger partial charge in [0.1, 0.15) is 5.02 Å². The minimum Gasteiger partial charge on any atom is -0.477 e. The van der Waals surface area contributed by atoms with E-state index in [1.807, 2.05) is 0 Å². The van der Waals surface area contributed by atoms with Crippen LogP contribution >= 0.6 is 11.6 Å². The molecule has 3 rings (SSSR count). The Bertz CT molecular complexity index is 841. The number of pyridine rings is 1. The highest BCUT2D eigenvalue weighted by molar-refractivity contribution is 6.31. The normalized spacial score (nSPS) is 13.3. The first-order valence-electron chi connectivity index (χ1n) is 12.4. The third-order valence-electron chi connectivity index (χ3n) is 5.70. The number of carboxylic acids is 1. The lowest BCUT2D eigenvalue weighted by Gasteiger charge is -2.22. The zero-order valence-corrected chi connectivity index (χ0v) is 21.4. The quantitative estimate of drug-likeness (QED) is 0.279. The van der Waals surface area contributed by atoms with E-state index in [1.54, 1.807) is 0 Å². The highest BCUT2D eigenvalue weighted by atomic mass is 35.5. The zero-order chi connectivity index (χ0) is 24.8. The van der Waals surface area contributed by atoms with E-state index in [1.165, 1.54) is 69.9 Å². The van der Waals surface area contributed by atoms with Gasteiger partial charge in [-0.2, -0.15) is 4.98 Å². The van der Waals surface area contributed by atoms with Crippen molar-refractivity contribution >= 4 is 17.6 Å². The zero-order valence-electron chi connectivity index (χ0n) is 20.7. The van der Waals surface area contributed by atoms with Gasteiger partial charge < -0.3 is 19.7 Å². The molecule has 0 unspecified atom stereocenters. The second-order valence-corrected chi connectivity index (χ2v) is 9.73. The Hall–Kier alpha value is -2.19. The molecule has 0 saturated heterocycles. The van der Waals surface area contributed by atoms with E-state index in [2.05, 4.69) is 41.2 Å². The molecule has 0 bridgehead atoms. The van der Waals surface area contributed by atoms with Crippen molar-refractivity contribution in [3.63, 3.8) is 0 Å². The fourth-order valence-electron chi connectivity index (χ4n) is 3.31. The predicted molar refractivity (Wildman–Crippen MR) is 132 cm³/mol. The summed E-state index contributed by atoms with van der Waals surface area (Å²) in [7, 11) is 0. The van der Waals surface area contributed by atoms with Gasteiger partial charge in [-0.25, -0.2) is 9.78 Å². The summed E-state index contributed by atoms with van der Waals surface area (Å²) in [5, 5.41) is 16.5. The Kier molecular flexibility index (Phi) is 12.3. The minimum atomic E-state index is -1.08. The molecule has 0 radical (unpaired) electrons. The maximum Gasteiger partial charge on any atom is 0.354 e. The van der Waals surface area contributed by atoms with Gasteiger partial charge in [-0.1, -0.05) is 68.6 Å². The Labute approximate surface area is 207 Å². The van der Waals surface area contributed by atoms with Crippen molar-refractivity contribution in [3.8, 4) is 5.88 Å². The number of carbonyl (C=O) groups is 1. The van der Waals surface area contributed by atoms with Crippen molar-refractivity contribution in [2.75, 3.05) is 13.2 Å². The second kappa shape index (κ2) is 14.9. The number of nitrogens with one attached hydrogen (secondary N) is 1. The number of ether oxygens (including phenoxy) is 1. The van der Waals surface area contributed by atoms with Crippen LogP contribution in [0.3, 0.4) is 0 Å². The smallest absolute Gasteiger partial charge is 0.354 e. The van der Waals surface area contributed by atoms with Crippen LogP contribution in [0.4, 0.5) is 0 Å². The molecule has 34 heavy (non-hydrogen) atoms. The largest absolute Gasteiger partial charge is 0.477 e. The molecule has 190 valence electrons. The summed E-state index contributed by atoms with van der Waals surface area (Å²) < 4.78 is 10.1. The van der Waals surface area contributed by atoms with Gasteiger partial charge in [-0.3, -0.25) is 0 Å². The molecular formula is C25H39ClN4O4. The van der Waals surface area contributed by atoms with Crippen molar-refractivity contribution in [1.29, 1.82) is 0 Å². The summed E-state index contributed by atoms with van der Waals surface area (Å²) in [4.78, 5) is 18.6. The third-order valence-corrected chi connectivity index (χ3v) is 5.99. The highest BCUT2D eigenvalue weighted by Crippen LogP contribution is 2.31. The number of halogens is 1. The van der Waals surface area contributed by atoms with Crippen molar-refractivity contribution in [1.82, 2.24) is 20.4 Å². The van der Waals surface area contributed by atoms with Crippen LogP contribution in [0.5, 0.6) is 5.88 Å². The molecule has 2 aromatic rings. The summed E-state index contributed by atoms with van der Waals surface area (Å²) >= 11 is 5.82. The van der Waals surface area contributed by atoms with Crippen molar-refractivity contribution in [3.05, 3.63) is 35.1 Å². The van der Waals surface area contributed by atoms with E-state index < -0.39 is 5.97 Å². The number of hydrogen-bond acceptors (Lipinski definition) is 7. The van der Waals surface area contributed by atoms with Crippen LogP contribution in [-0.2, 0) is 5.54 Å². The maximum absolute atomic E-state index is 10.7. The first-order valence-corrected chi connectivity index (χ1v) is 12.8.